The minimum atomic E-state index is -3.26. The summed E-state index contributed by atoms with van der Waals surface area (Å²) < 4.78 is 33.4. The average molecular weight is 344 g/mol. The Morgan fingerprint density at radius 3 is 2.46 bits per heavy atom. The third-order valence-corrected chi connectivity index (χ3v) is 5.41. The summed E-state index contributed by atoms with van der Waals surface area (Å²) in [5.41, 5.74) is 3.70. The second-order valence-corrected chi connectivity index (χ2v) is 7.58. The van der Waals surface area contributed by atoms with E-state index in [4.69, 9.17) is 4.74 Å². The molecule has 0 atom stereocenters. The van der Waals surface area contributed by atoms with E-state index in [-0.39, 0.29) is 5.75 Å². The third kappa shape index (κ3) is 2.97. The summed E-state index contributed by atoms with van der Waals surface area (Å²) in [6.45, 7) is 1.61. The third-order valence-electron chi connectivity index (χ3n) is 4.10. The van der Waals surface area contributed by atoms with E-state index in [1.54, 1.807) is 26.2 Å². The number of nitrogens with one attached hydrogen (secondary N) is 1. The van der Waals surface area contributed by atoms with E-state index >= 15 is 0 Å². The van der Waals surface area contributed by atoms with E-state index in [1.807, 2.05) is 37.4 Å². The molecule has 0 aliphatic rings. The first-order valence-corrected chi connectivity index (χ1v) is 9.34. The molecule has 0 unspecified atom stereocenters. The highest BCUT2D eigenvalue weighted by Gasteiger charge is 2.12. The van der Waals surface area contributed by atoms with Crippen LogP contribution >= 0.6 is 0 Å². The Hall–Kier alpha value is -2.47. The first-order valence-electron chi connectivity index (χ1n) is 7.68. The highest BCUT2D eigenvalue weighted by atomic mass is 32.2. The molecule has 2 aromatic carbocycles. The molecule has 0 bridgehead atoms. The van der Waals surface area contributed by atoms with Gasteiger partial charge in [-0.2, -0.15) is 0 Å². The van der Waals surface area contributed by atoms with Crippen LogP contribution in [-0.4, -0.2) is 25.8 Å². The first kappa shape index (κ1) is 16.4. The van der Waals surface area contributed by atoms with E-state index in [9.17, 15) is 8.42 Å². The standard InChI is InChI=1S/C18H20N2O3S/c1-4-24(21,22)19-14-10-8-13(9-11-14)17-12-15-16(20(17)2)6-5-7-18(15)23-3/h5-12,19H,4H2,1-3H3. The number of sulfonamides is 1. The Labute approximate surface area is 141 Å². The normalized spacial score (nSPS) is 11.6. The number of nitrogens with zero attached hydrogens (tertiary/aromatic N) is 1. The Morgan fingerprint density at radius 1 is 1.12 bits per heavy atom. The van der Waals surface area contributed by atoms with E-state index in [0.29, 0.717) is 5.69 Å². The van der Waals surface area contributed by atoms with Crippen molar-refractivity contribution in [2.75, 3.05) is 17.6 Å². The zero-order valence-electron chi connectivity index (χ0n) is 13.9. The lowest BCUT2D eigenvalue weighted by Gasteiger charge is -2.08. The lowest BCUT2D eigenvalue weighted by atomic mass is 10.1. The molecule has 1 heterocycles. The van der Waals surface area contributed by atoms with Crippen molar-refractivity contribution in [1.82, 2.24) is 4.57 Å². The fourth-order valence-electron chi connectivity index (χ4n) is 2.75. The summed E-state index contributed by atoms with van der Waals surface area (Å²) in [5.74, 6) is 0.888. The van der Waals surface area contributed by atoms with Crippen LogP contribution in [0.2, 0.25) is 0 Å². The number of anilines is 1. The zero-order chi connectivity index (χ0) is 17.3. The highest BCUT2D eigenvalue weighted by Crippen LogP contribution is 2.33. The van der Waals surface area contributed by atoms with Crippen LogP contribution in [0.3, 0.4) is 0 Å². The fraction of sp³-hybridized carbons (Fsp3) is 0.222. The number of methoxy groups -OCH3 is 1. The summed E-state index contributed by atoms with van der Waals surface area (Å²) in [5, 5.41) is 1.05. The molecule has 6 heteroatoms. The van der Waals surface area contributed by atoms with Gasteiger partial charge in [0, 0.05) is 23.8 Å². The highest BCUT2D eigenvalue weighted by molar-refractivity contribution is 7.92. The summed E-state index contributed by atoms with van der Waals surface area (Å²) >= 11 is 0. The number of aryl methyl sites for hydroxylation is 1. The Morgan fingerprint density at radius 2 is 1.83 bits per heavy atom. The number of rotatable bonds is 5. The Balaban J connectivity index is 2.01. The molecule has 0 aliphatic carbocycles. The van der Waals surface area contributed by atoms with Crippen LogP contribution in [0.25, 0.3) is 22.2 Å². The fourth-order valence-corrected chi connectivity index (χ4v) is 3.39. The van der Waals surface area contributed by atoms with Gasteiger partial charge in [-0.1, -0.05) is 18.2 Å². The maximum absolute atomic E-state index is 11.6. The molecule has 0 saturated carbocycles. The molecule has 3 rings (SSSR count). The summed E-state index contributed by atoms with van der Waals surface area (Å²) in [6.07, 6.45) is 0. The minimum Gasteiger partial charge on any atom is -0.496 e. The number of hydrogen-bond donors (Lipinski definition) is 1. The van der Waals surface area contributed by atoms with Gasteiger partial charge < -0.3 is 9.30 Å². The van der Waals surface area contributed by atoms with Gasteiger partial charge in [-0.05, 0) is 42.8 Å². The largest absolute Gasteiger partial charge is 0.496 e. The number of benzene rings is 2. The van der Waals surface area contributed by atoms with Crippen LogP contribution in [0, 0.1) is 0 Å². The van der Waals surface area contributed by atoms with Crippen molar-refractivity contribution in [2.24, 2.45) is 7.05 Å². The van der Waals surface area contributed by atoms with Crippen LogP contribution in [0.4, 0.5) is 5.69 Å². The molecule has 0 spiro atoms. The first-order chi connectivity index (χ1) is 11.4. The van der Waals surface area contributed by atoms with Crippen LogP contribution in [-0.2, 0) is 17.1 Å². The van der Waals surface area contributed by atoms with E-state index in [1.165, 1.54) is 0 Å². The molecule has 0 radical (unpaired) electrons. The minimum absolute atomic E-state index is 0.0533. The molecule has 0 fully saturated rings. The van der Waals surface area contributed by atoms with Gasteiger partial charge in [0.05, 0.1) is 18.4 Å². The van der Waals surface area contributed by atoms with E-state index in [2.05, 4.69) is 15.4 Å². The Kier molecular flexibility index (Phi) is 4.24. The quantitative estimate of drug-likeness (QED) is 0.769. The van der Waals surface area contributed by atoms with Gasteiger partial charge in [0.2, 0.25) is 10.0 Å². The van der Waals surface area contributed by atoms with Crippen molar-refractivity contribution in [3.8, 4) is 17.0 Å². The van der Waals surface area contributed by atoms with Crippen molar-refractivity contribution in [1.29, 1.82) is 0 Å². The lowest BCUT2D eigenvalue weighted by molar-refractivity contribution is 0.420. The van der Waals surface area contributed by atoms with Crippen molar-refractivity contribution >= 4 is 26.6 Å². The van der Waals surface area contributed by atoms with E-state index in [0.717, 1.165) is 27.9 Å². The molecule has 0 aliphatic heterocycles. The second kappa shape index (κ2) is 6.20. The summed E-state index contributed by atoms with van der Waals surface area (Å²) in [7, 11) is 0.408. The molecule has 1 N–H and O–H groups in total. The van der Waals surface area contributed by atoms with Gasteiger partial charge in [0.1, 0.15) is 5.75 Å². The van der Waals surface area contributed by atoms with Gasteiger partial charge in [-0.3, -0.25) is 4.72 Å². The SMILES string of the molecule is CCS(=O)(=O)Nc1ccc(-c2cc3c(OC)cccc3n2C)cc1. The van der Waals surface area contributed by atoms with Gasteiger partial charge >= 0.3 is 0 Å². The van der Waals surface area contributed by atoms with Crippen molar-refractivity contribution in [3.63, 3.8) is 0 Å². The van der Waals surface area contributed by atoms with Gasteiger partial charge in [-0.25, -0.2) is 8.42 Å². The second-order valence-electron chi connectivity index (χ2n) is 5.56. The Bertz CT molecular complexity index is 973. The molecular formula is C18H20N2O3S. The molecule has 0 amide bonds. The predicted molar refractivity (Wildman–Crippen MR) is 98.0 cm³/mol. The maximum atomic E-state index is 11.6. The smallest absolute Gasteiger partial charge is 0.232 e. The monoisotopic (exact) mass is 344 g/mol. The zero-order valence-corrected chi connectivity index (χ0v) is 14.7. The number of hydrogen-bond acceptors (Lipinski definition) is 3. The topological polar surface area (TPSA) is 60.3 Å². The van der Waals surface area contributed by atoms with Crippen LogP contribution < -0.4 is 9.46 Å². The molecular weight excluding hydrogens is 324 g/mol. The van der Waals surface area contributed by atoms with Gasteiger partial charge in [0.15, 0.2) is 0 Å². The lowest BCUT2D eigenvalue weighted by Crippen LogP contribution is -2.14. The van der Waals surface area contributed by atoms with E-state index < -0.39 is 10.0 Å². The molecule has 5 nitrogen and oxygen atoms in total. The van der Waals surface area contributed by atoms with Crippen molar-refractivity contribution in [3.05, 3.63) is 48.5 Å². The number of fused-ring (bicyclic) bond motifs is 1. The van der Waals surface area contributed by atoms with Gasteiger partial charge in [-0.15, -0.1) is 0 Å². The van der Waals surface area contributed by atoms with Gasteiger partial charge in [0.25, 0.3) is 0 Å². The molecule has 0 saturated heterocycles. The summed E-state index contributed by atoms with van der Waals surface area (Å²) in [4.78, 5) is 0. The maximum Gasteiger partial charge on any atom is 0.232 e. The van der Waals surface area contributed by atoms with Crippen LogP contribution in [0.5, 0.6) is 5.75 Å². The van der Waals surface area contributed by atoms with Crippen molar-refractivity contribution in [2.45, 2.75) is 6.92 Å². The van der Waals surface area contributed by atoms with Crippen LogP contribution in [0.15, 0.2) is 48.5 Å². The molecule has 1 aromatic heterocycles. The average Bonchev–Trinajstić information content (AvgIpc) is 2.92. The number of ether oxygens (including phenoxy) is 1. The summed E-state index contributed by atoms with van der Waals surface area (Å²) in [6, 6.07) is 15.4. The molecule has 3 aromatic rings. The van der Waals surface area contributed by atoms with Crippen molar-refractivity contribution < 1.29 is 13.2 Å². The predicted octanol–water partition coefficient (Wildman–Crippen LogP) is 3.62. The molecule has 126 valence electrons. The molecule has 24 heavy (non-hydrogen) atoms. The van der Waals surface area contributed by atoms with Crippen LogP contribution in [0.1, 0.15) is 6.92 Å². The number of aromatic nitrogens is 1.